The maximum atomic E-state index is 10.4. The highest BCUT2D eigenvalue weighted by molar-refractivity contribution is 4.92. The minimum absolute atomic E-state index is 0.440. The first-order valence-corrected chi connectivity index (χ1v) is 11.2. The Bertz CT molecular complexity index is 611. The molecule has 0 saturated carbocycles. The van der Waals surface area contributed by atoms with Crippen LogP contribution < -0.4 is 0 Å². The van der Waals surface area contributed by atoms with Crippen molar-refractivity contribution < 1.29 is 74.7 Å². The van der Waals surface area contributed by atoms with Gasteiger partial charge < -0.3 is 74.7 Å². The fraction of sp³-hybridized carbons (Fsp3) is 1.00. The van der Waals surface area contributed by atoms with Crippen LogP contribution in [0.15, 0.2) is 0 Å². The summed E-state index contributed by atoms with van der Waals surface area (Å²) in [5, 5.41) is 98.9. The third-order valence-electron chi connectivity index (χ3n) is 6.34. The molecule has 208 valence electrons. The zero-order valence-electron chi connectivity index (χ0n) is 19.4. The van der Waals surface area contributed by atoms with Gasteiger partial charge in [0.15, 0.2) is 12.6 Å². The van der Waals surface area contributed by atoms with E-state index in [9.17, 15) is 46.0 Å². The summed E-state index contributed by atoms with van der Waals surface area (Å²) in [7, 11) is 1.29. The second-order valence-corrected chi connectivity index (χ2v) is 8.76. The molecule has 15 nitrogen and oxygen atoms in total. The average Bonchev–Trinajstić information content (AvgIpc) is 2.85. The van der Waals surface area contributed by atoms with Gasteiger partial charge in [-0.2, -0.15) is 0 Å². The van der Waals surface area contributed by atoms with Crippen LogP contribution >= 0.6 is 0 Å². The third-order valence-corrected chi connectivity index (χ3v) is 6.34. The zero-order chi connectivity index (χ0) is 26.4. The lowest BCUT2D eigenvalue weighted by atomic mass is 9.94. The predicted molar refractivity (Wildman–Crippen MR) is 111 cm³/mol. The molecular formula is C20H38O15. The Morgan fingerprint density at radius 2 is 1.23 bits per heavy atom. The van der Waals surface area contributed by atoms with E-state index >= 15 is 0 Å². The summed E-state index contributed by atoms with van der Waals surface area (Å²) < 4.78 is 26.5. The van der Waals surface area contributed by atoms with E-state index in [0.29, 0.717) is 0 Å². The van der Waals surface area contributed by atoms with Crippen molar-refractivity contribution in [1.29, 1.82) is 0 Å². The molecule has 0 amide bonds. The van der Waals surface area contributed by atoms with E-state index in [-0.39, 0.29) is 0 Å². The van der Waals surface area contributed by atoms with Gasteiger partial charge >= 0.3 is 0 Å². The van der Waals surface area contributed by atoms with Crippen LogP contribution in [0, 0.1) is 5.92 Å². The predicted octanol–water partition coefficient (Wildman–Crippen LogP) is -6.01. The molecule has 0 bridgehead atoms. The number of hydrogen-bond acceptors (Lipinski definition) is 15. The van der Waals surface area contributed by atoms with Gasteiger partial charge in [-0.3, -0.25) is 0 Å². The standard InChI is InChI=1S/C20H38O15/c1-7(18(31-2)8(23)3-21)9(24)5-32-19-17(30)15(28)13(26)11(35-19)6-33-20-16(29)14(27)12(25)10(4-22)34-20/h7-30H,3-6H2,1-2H3/t7-,8-,9-,10-,11-,12-,13-,14+,15+,16-,17-,18+,19-,20-/m1/s1. The number of aliphatic hydroxyl groups excluding tert-OH is 10. The van der Waals surface area contributed by atoms with Crippen LogP contribution in [-0.4, -0.2) is 164 Å². The van der Waals surface area contributed by atoms with Crippen LogP contribution in [-0.2, 0) is 23.7 Å². The third kappa shape index (κ3) is 7.25. The second kappa shape index (κ2) is 13.8. The molecule has 2 aliphatic rings. The van der Waals surface area contributed by atoms with Crippen LogP contribution in [0.4, 0.5) is 0 Å². The lowest BCUT2D eigenvalue weighted by molar-refractivity contribution is -0.333. The molecule has 0 radical (unpaired) electrons. The van der Waals surface area contributed by atoms with E-state index in [1.807, 2.05) is 0 Å². The molecule has 2 heterocycles. The Morgan fingerprint density at radius 3 is 1.74 bits per heavy atom. The van der Waals surface area contributed by atoms with E-state index in [1.54, 1.807) is 0 Å². The van der Waals surface area contributed by atoms with Crippen molar-refractivity contribution >= 4 is 0 Å². The topological polar surface area (TPSA) is 248 Å². The van der Waals surface area contributed by atoms with Gasteiger partial charge in [-0.25, -0.2) is 0 Å². The highest BCUT2D eigenvalue weighted by Crippen LogP contribution is 2.26. The summed E-state index contributed by atoms with van der Waals surface area (Å²) in [6.45, 7) is -0.699. The fourth-order valence-corrected chi connectivity index (χ4v) is 3.98. The number of aliphatic hydroxyl groups is 10. The van der Waals surface area contributed by atoms with Gasteiger partial charge in [-0.05, 0) is 0 Å². The lowest BCUT2D eigenvalue weighted by Gasteiger charge is -2.43. The molecular weight excluding hydrogens is 480 g/mol. The Balaban J connectivity index is 1.96. The molecule has 0 spiro atoms. The summed E-state index contributed by atoms with van der Waals surface area (Å²) in [6.07, 6.45) is -19.1. The van der Waals surface area contributed by atoms with Crippen molar-refractivity contribution in [1.82, 2.24) is 0 Å². The smallest absolute Gasteiger partial charge is 0.186 e. The van der Waals surface area contributed by atoms with Gasteiger partial charge in [0, 0.05) is 13.0 Å². The van der Waals surface area contributed by atoms with Crippen molar-refractivity contribution in [2.75, 3.05) is 33.5 Å². The zero-order valence-corrected chi connectivity index (χ0v) is 19.4. The summed E-state index contributed by atoms with van der Waals surface area (Å²) in [4.78, 5) is 0. The minimum atomic E-state index is -1.74. The quantitative estimate of drug-likeness (QED) is 0.115. The summed E-state index contributed by atoms with van der Waals surface area (Å²) in [6, 6.07) is 0. The van der Waals surface area contributed by atoms with Gasteiger partial charge in [0.25, 0.3) is 0 Å². The van der Waals surface area contributed by atoms with Gasteiger partial charge in [0.2, 0.25) is 0 Å². The van der Waals surface area contributed by atoms with Gasteiger partial charge in [-0.1, -0.05) is 6.92 Å². The van der Waals surface area contributed by atoms with Crippen LogP contribution in [0.3, 0.4) is 0 Å². The van der Waals surface area contributed by atoms with Crippen molar-refractivity contribution in [2.45, 2.75) is 86.6 Å². The molecule has 2 fully saturated rings. The summed E-state index contributed by atoms with van der Waals surface area (Å²) in [5.74, 6) is -0.719. The molecule has 0 aromatic heterocycles. The molecule has 0 aromatic carbocycles. The highest BCUT2D eigenvalue weighted by Gasteiger charge is 2.47. The molecule has 2 aliphatic heterocycles. The van der Waals surface area contributed by atoms with E-state index < -0.39 is 112 Å². The number of rotatable bonds is 12. The SMILES string of the molecule is CO[C@@H]([C@H](C)[C@H](O)CO[C@@H]1O[C@H](CO[C@@H]2O[C@H](CO)[C@@H](O)[C@H](O)[C@H]2O)[C@@H](O)[C@H](O)[C@H]1O)[C@H](O)CO. The van der Waals surface area contributed by atoms with Crippen molar-refractivity contribution in [3.05, 3.63) is 0 Å². The van der Waals surface area contributed by atoms with Crippen molar-refractivity contribution in [2.24, 2.45) is 5.92 Å². The molecule has 14 atom stereocenters. The Labute approximate surface area is 201 Å². The van der Waals surface area contributed by atoms with Gasteiger partial charge in [-0.15, -0.1) is 0 Å². The monoisotopic (exact) mass is 518 g/mol. The number of ether oxygens (including phenoxy) is 5. The van der Waals surface area contributed by atoms with E-state index in [0.717, 1.165) is 0 Å². The van der Waals surface area contributed by atoms with Crippen molar-refractivity contribution in [3.8, 4) is 0 Å². The first kappa shape index (κ1) is 30.6. The largest absolute Gasteiger partial charge is 0.394 e. The van der Waals surface area contributed by atoms with Gasteiger partial charge in [0.1, 0.15) is 54.9 Å². The molecule has 0 aromatic rings. The molecule has 2 saturated heterocycles. The average molecular weight is 519 g/mol. The minimum Gasteiger partial charge on any atom is -0.394 e. The summed E-state index contributed by atoms with van der Waals surface area (Å²) in [5.41, 5.74) is 0. The first-order valence-electron chi connectivity index (χ1n) is 11.2. The fourth-order valence-electron chi connectivity index (χ4n) is 3.98. The van der Waals surface area contributed by atoms with Crippen molar-refractivity contribution in [3.63, 3.8) is 0 Å². The maximum absolute atomic E-state index is 10.4. The molecule has 15 heteroatoms. The Morgan fingerprint density at radius 1 is 0.714 bits per heavy atom. The normalized spacial score (nSPS) is 41.8. The first-order chi connectivity index (χ1) is 16.5. The van der Waals surface area contributed by atoms with E-state index in [2.05, 4.69) is 0 Å². The summed E-state index contributed by atoms with van der Waals surface area (Å²) >= 11 is 0. The van der Waals surface area contributed by atoms with E-state index in [4.69, 9.17) is 28.8 Å². The van der Waals surface area contributed by atoms with E-state index in [1.165, 1.54) is 14.0 Å². The lowest BCUT2D eigenvalue weighted by Crippen LogP contribution is -2.62. The Hall–Kier alpha value is -0.600. The molecule has 0 aliphatic carbocycles. The number of hydrogen-bond donors (Lipinski definition) is 10. The second-order valence-electron chi connectivity index (χ2n) is 8.76. The van der Waals surface area contributed by atoms with Crippen LogP contribution in [0.2, 0.25) is 0 Å². The molecule has 0 unspecified atom stereocenters. The van der Waals surface area contributed by atoms with Crippen LogP contribution in [0.1, 0.15) is 6.92 Å². The van der Waals surface area contributed by atoms with Crippen LogP contribution in [0.5, 0.6) is 0 Å². The Kier molecular flexibility index (Phi) is 12.1. The number of methoxy groups -OCH3 is 1. The maximum Gasteiger partial charge on any atom is 0.186 e. The highest BCUT2D eigenvalue weighted by atomic mass is 16.7. The molecule has 35 heavy (non-hydrogen) atoms. The van der Waals surface area contributed by atoms with Crippen LogP contribution in [0.25, 0.3) is 0 Å². The molecule has 2 rings (SSSR count). The molecule has 10 N–H and O–H groups in total. The van der Waals surface area contributed by atoms with Gasteiger partial charge in [0.05, 0.1) is 38.6 Å².